The van der Waals surface area contributed by atoms with Crippen LogP contribution in [0.3, 0.4) is 0 Å². The van der Waals surface area contributed by atoms with Crippen molar-refractivity contribution >= 4 is 11.9 Å². The van der Waals surface area contributed by atoms with Gasteiger partial charge in [0.2, 0.25) is 0 Å². The molecule has 1 aliphatic heterocycles. The van der Waals surface area contributed by atoms with Crippen LogP contribution in [0.5, 0.6) is 0 Å². The highest BCUT2D eigenvalue weighted by atomic mass is 16.6. The molecule has 4 aliphatic rings. The lowest BCUT2D eigenvalue weighted by atomic mass is 9.50. The molecule has 4 fully saturated rings. The Hall–Kier alpha value is -1.36. The fourth-order valence-corrected chi connectivity index (χ4v) is 8.16. The Morgan fingerprint density at radius 3 is 2.36 bits per heavy atom. The highest BCUT2D eigenvalue weighted by Crippen LogP contribution is 2.63. The third-order valence-electron chi connectivity index (χ3n) is 10.1. The summed E-state index contributed by atoms with van der Waals surface area (Å²) in [6.07, 6.45) is 10.7. The first-order valence-electron chi connectivity index (χ1n) is 13.4. The van der Waals surface area contributed by atoms with Gasteiger partial charge in [0.15, 0.2) is 0 Å². The number of hydrogen-bond acceptors (Lipinski definition) is 5. The standard InChI is InChI=1S/C28H45NO4/c1-19-8-9-24-23(12-17-29-15-6-7-16-29)25(11-14-27(19,24)4)28(5)13-10-22(32-20(2)30)18-26(28)33-21(3)31/h22-26H,1,6-18H2,2-5H3/t22-,23?,24?,25?,26-,27+,28+/m0/s1. The summed E-state index contributed by atoms with van der Waals surface area (Å²) >= 11 is 0. The molecule has 0 aromatic heterocycles. The van der Waals surface area contributed by atoms with Crippen molar-refractivity contribution in [1.29, 1.82) is 0 Å². The summed E-state index contributed by atoms with van der Waals surface area (Å²) < 4.78 is 11.6. The van der Waals surface area contributed by atoms with E-state index in [-0.39, 0.29) is 35.0 Å². The van der Waals surface area contributed by atoms with Crippen molar-refractivity contribution in [1.82, 2.24) is 4.90 Å². The fraction of sp³-hybridized carbons (Fsp3) is 0.857. The molecule has 5 heteroatoms. The van der Waals surface area contributed by atoms with Crippen molar-refractivity contribution in [3.8, 4) is 0 Å². The van der Waals surface area contributed by atoms with Crippen LogP contribution >= 0.6 is 0 Å². The van der Waals surface area contributed by atoms with Crippen LogP contribution in [0.15, 0.2) is 12.2 Å². The van der Waals surface area contributed by atoms with Gasteiger partial charge in [0.1, 0.15) is 12.2 Å². The number of ether oxygens (including phenoxy) is 2. The van der Waals surface area contributed by atoms with E-state index in [9.17, 15) is 9.59 Å². The summed E-state index contributed by atoms with van der Waals surface area (Å²) in [5.41, 5.74) is 1.63. The maximum Gasteiger partial charge on any atom is 0.302 e. The van der Waals surface area contributed by atoms with Gasteiger partial charge in [-0.15, -0.1) is 0 Å². The van der Waals surface area contributed by atoms with E-state index in [1.54, 1.807) is 0 Å². The molecule has 4 rings (SSSR count). The van der Waals surface area contributed by atoms with Crippen LogP contribution in [0.1, 0.15) is 91.9 Å². The molecule has 3 unspecified atom stereocenters. The zero-order chi connectivity index (χ0) is 23.8. The van der Waals surface area contributed by atoms with E-state index in [0.717, 1.165) is 19.3 Å². The lowest BCUT2D eigenvalue weighted by Crippen LogP contribution is -2.54. The number of hydrogen-bond donors (Lipinski definition) is 0. The summed E-state index contributed by atoms with van der Waals surface area (Å²) in [6, 6.07) is 0. The van der Waals surface area contributed by atoms with Crippen LogP contribution in [0.4, 0.5) is 0 Å². The van der Waals surface area contributed by atoms with Gasteiger partial charge in [-0.3, -0.25) is 9.59 Å². The summed E-state index contributed by atoms with van der Waals surface area (Å²) in [4.78, 5) is 26.4. The maximum absolute atomic E-state index is 12.1. The zero-order valence-corrected chi connectivity index (χ0v) is 21.4. The lowest BCUT2D eigenvalue weighted by molar-refractivity contribution is -0.179. The molecule has 3 saturated carbocycles. The molecule has 33 heavy (non-hydrogen) atoms. The van der Waals surface area contributed by atoms with Gasteiger partial charge in [0, 0.05) is 25.7 Å². The van der Waals surface area contributed by atoms with Crippen molar-refractivity contribution in [2.24, 2.45) is 28.6 Å². The average Bonchev–Trinajstić information content (AvgIpc) is 3.36. The van der Waals surface area contributed by atoms with Crippen LogP contribution in [-0.4, -0.2) is 48.7 Å². The van der Waals surface area contributed by atoms with E-state index in [1.165, 1.54) is 77.6 Å². The molecular formula is C28H45NO4. The number of carbonyl (C=O) groups excluding carboxylic acids is 2. The molecule has 186 valence electrons. The Bertz CT molecular complexity index is 759. The molecule has 1 saturated heterocycles. The van der Waals surface area contributed by atoms with Crippen molar-refractivity contribution in [2.45, 2.75) is 104 Å². The smallest absolute Gasteiger partial charge is 0.302 e. The number of esters is 2. The van der Waals surface area contributed by atoms with Gasteiger partial charge < -0.3 is 14.4 Å². The molecule has 7 atom stereocenters. The second-order valence-electron chi connectivity index (χ2n) is 11.9. The summed E-state index contributed by atoms with van der Waals surface area (Å²) in [7, 11) is 0. The molecule has 1 heterocycles. The van der Waals surface area contributed by atoms with Gasteiger partial charge in [-0.1, -0.05) is 26.0 Å². The molecule has 0 amide bonds. The van der Waals surface area contributed by atoms with Gasteiger partial charge in [-0.25, -0.2) is 0 Å². The normalized spacial score (nSPS) is 41.6. The largest absolute Gasteiger partial charge is 0.462 e. The Morgan fingerprint density at radius 2 is 1.70 bits per heavy atom. The minimum Gasteiger partial charge on any atom is -0.462 e. The number of carbonyl (C=O) groups is 2. The van der Waals surface area contributed by atoms with Crippen LogP contribution in [-0.2, 0) is 19.1 Å². The first-order chi connectivity index (χ1) is 15.6. The Labute approximate surface area is 200 Å². The molecule has 5 nitrogen and oxygen atoms in total. The molecule has 3 aliphatic carbocycles. The first kappa shape index (κ1) is 24.8. The Kier molecular flexibility index (Phi) is 7.29. The molecule has 0 N–H and O–H groups in total. The summed E-state index contributed by atoms with van der Waals surface area (Å²) in [5.74, 6) is 1.35. The van der Waals surface area contributed by atoms with E-state index in [0.29, 0.717) is 24.2 Å². The Balaban J connectivity index is 1.60. The van der Waals surface area contributed by atoms with Gasteiger partial charge in [0.25, 0.3) is 0 Å². The predicted molar refractivity (Wildman–Crippen MR) is 130 cm³/mol. The van der Waals surface area contributed by atoms with Crippen LogP contribution in [0.2, 0.25) is 0 Å². The first-order valence-corrected chi connectivity index (χ1v) is 13.4. The summed E-state index contributed by atoms with van der Waals surface area (Å²) in [5, 5.41) is 0. The van der Waals surface area contributed by atoms with Crippen molar-refractivity contribution in [3.05, 3.63) is 12.2 Å². The third kappa shape index (κ3) is 4.90. The summed E-state index contributed by atoms with van der Waals surface area (Å²) in [6.45, 7) is 16.0. The number of fused-ring (bicyclic) bond motifs is 1. The number of allylic oxidation sites excluding steroid dienone is 1. The van der Waals surface area contributed by atoms with Gasteiger partial charge in [-0.2, -0.15) is 0 Å². The van der Waals surface area contributed by atoms with Crippen molar-refractivity contribution < 1.29 is 19.1 Å². The van der Waals surface area contributed by atoms with E-state index >= 15 is 0 Å². The highest BCUT2D eigenvalue weighted by Gasteiger charge is 2.57. The molecule has 0 spiro atoms. The predicted octanol–water partition coefficient (Wildman–Crippen LogP) is 5.52. The van der Waals surface area contributed by atoms with Crippen LogP contribution in [0, 0.1) is 28.6 Å². The number of likely N-dealkylation sites (tertiary alicyclic amines) is 1. The maximum atomic E-state index is 12.1. The number of rotatable bonds is 6. The van der Waals surface area contributed by atoms with Gasteiger partial charge in [-0.05, 0) is 101 Å². The molecule has 0 aromatic rings. The molecule has 0 bridgehead atoms. The Morgan fingerprint density at radius 1 is 1.00 bits per heavy atom. The monoisotopic (exact) mass is 459 g/mol. The van der Waals surface area contributed by atoms with Gasteiger partial charge in [0.05, 0.1) is 0 Å². The van der Waals surface area contributed by atoms with Crippen LogP contribution in [0.25, 0.3) is 0 Å². The highest BCUT2D eigenvalue weighted by molar-refractivity contribution is 5.66. The van der Waals surface area contributed by atoms with Crippen molar-refractivity contribution in [3.63, 3.8) is 0 Å². The van der Waals surface area contributed by atoms with E-state index in [1.807, 2.05) is 0 Å². The quantitative estimate of drug-likeness (QED) is 0.386. The average molecular weight is 460 g/mol. The molecular weight excluding hydrogens is 414 g/mol. The second kappa shape index (κ2) is 9.71. The van der Waals surface area contributed by atoms with E-state index < -0.39 is 0 Å². The lowest BCUT2D eigenvalue weighted by Gasteiger charge is -2.56. The van der Waals surface area contributed by atoms with E-state index in [4.69, 9.17) is 9.47 Å². The molecule has 0 radical (unpaired) electrons. The second-order valence-corrected chi connectivity index (χ2v) is 11.9. The number of nitrogens with zero attached hydrogens (tertiary/aromatic N) is 1. The zero-order valence-electron chi connectivity index (χ0n) is 21.4. The van der Waals surface area contributed by atoms with Crippen LogP contribution < -0.4 is 0 Å². The molecule has 0 aromatic carbocycles. The third-order valence-corrected chi connectivity index (χ3v) is 10.1. The fourth-order valence-electron chi connectivity index (χ4n) is 8.16. The topological polar surface area (TPSA) is 55.8 Å². The SMILES string of the molecule is C=C1CCC2C(CCN3CCCC3)C([C@@]3(C)CC[C@H](OC(C)=O)C[C@@H]3OC(C)=O)CC[C@]12C. The van der Waals surface area contributed by atoms with Crippen molar-refractivity contribution in [2.75, 3.05) is 19.6 Å². The van der Waals surface area contributed by atoms with Gasteiger partial charge >= 0.3 is 11.9 Å². The minimum atomic E-state index is -0.244. The van der Waals surface area contributed by atoms with E-state index in [2.05, 4.69) is 25.3 Å². The minimum absolute atomic E-state index is 0.0801.